The van der Waals surface area contributed by atoms with Crippen molar-refractivity contribution < 1.29 is 4.79 Å². The van der Waals surface area contributed by atoms with Gasteiger partial charge in [0.1, 0.15) is 0 Å². The fraction of sp³-hybridized carbons (Fsp3) is 0.0667. The molecule has 0 radical (unpaired) electrons. The Hall–Kier alpha value is -1.64. The van der Waals surface area contributed by atoms with Crippen molar-refractivity contribution in [3.8, 4) is 11.1 Å². The molecule has 2 nitrogen and oxygen atoms in total. The summed E-state index contributed by atoms with van der Waals surface area (Å²) in [6, 6.07) is 7.12. The standard InChI is InChI=1S/C15H11Cl2NO/c1-2-11(19)8-10-9-18-7-6-12(10)15-13(16)4-3-5-14(15)17/h2-7,9H,1,8H2. The van der Waals surface area contributed by atoms with E-state index < -0.39 is 0 Å². The minimum atomic E-state index is -0.0718. The van der Waals surface area contributed by atoms with Gasteiger partial charge in [0.05, 0.1) is 0 Å². The summed E-state index contributed by atoms with van der Waals surface area (Å²) in [4.78, 5) is 15.6. The number of halogens is 2. The minimum Gasteiger partial charge on any atom is -0.295 e. The summed E-state index contributed by atoms with van der Waals surface area (Å²) in [6.07, 6.45) is 4.83. The molecule has 0 unspecified atom stereocenters. The van der Waals surface area contributed by atoms with Gasteiger partial charge in [-0.15, -0.1) is 0 Å². The van der Waals surface area contributed by atoms with E-state index in [1.54, 1.807) is 36.7 Å². The number of hydrogen-bond acceptors (Lipinski definition) is 2. The summed E-state index contributed by atoms with van der Waals surface area (Å²) >= 11 is 12.4. The Balaban J connectivity index is 2.56. The first-order valence-corrected chi connectivity index (χ1v) is 6.41. The Kier molecular flexibility index (Phi) is 4.35. The third-order valence-electron chi connectivity index (χ3n) is 2.73. The summed E-state index contributed by atoms with van der Waals surface area (Å²) in [5, 5.41) is 1.09. The average molecular weight is 292 g/mol. The highest BCUT2D eigenvalue weighted by molar-refractivity contribution is 6.39. The highest BCUT2D eigenvalue weighted by Crippen LogP contribution is 2.36. The Morgan fingerprint density at radius 2 is 1.95 bits per heavy atom. The van der Waals surface area contributed by atoms with Crippen LogP contribution in [-0.4, -0.2) is 10.8 Å². The highest BCUT2D eigenvalue weighted by Gasteiger charge is 2.13. The second-order valence-corrected chi connectivity index (χ2v) is 4.79. The number of carbonyl (C=O) groups excluding carboxylic acids is 1. The van der Waals surface area contributed by atoms with Gasteiger partial charge in [0, 0.05) is 34.4 Å². The third kappa shape index (κ3) is 3.03. The lowest BCUT2D eigenvalue weighted by Crippen LogP contribution is -2.01. The van der Waals surface area contributed by atoms with Gasteiger partial charge in [-0.2, -0.15) is 0 Å². The van der Waals surface area contributed by atoms with Gasteiger partial charge in [-0.1, -0.05) is 35.8 Å². The van der Waals surface area contributed by atoms with Gasteiger partial charge in [-0.25, -0.2) is 0 Å². The van der Waals surface area contributed by atoms with Crippen LogP contribution in [0.2, 0.25) is 10.0 Å². The van der Waals surface area contributed by atoms with E-state index in [4.69, 9.17) is 23.2 Å². The predicted octanol–water partition coefficient (Wildman–Crippen LogP) is 4.35. The van der Waals surface area contributed by atoms with E-state index >= 15 is 0 Å². The topological polar surface area (TPSA) is 30.0 Å². The van der Waals surface area contributed by atoms with E-state index in [1.807, 2.05) is 0 Å². The maximum absolute atomic E-state index is 11.5. The number of rotatable bonds is 4. The molecule has 0 atom stereocenters. The number of benzene rings is 1. The predicted molar refractivity (Wildman–Crippen MR) is 78.6 cm³/mol. The number of carbonyl (C=O) groups is 1. The molecule has 0 saturated carbocycles. The maximum Gasteiger partial charge on any atom is 0.159 e. The molecule has 0 saturated heterocycles. The fourth-order valence-electron chi connectivity index (χ4n) is 1.83. The monoisotopic (exact) mass is 291 g/mol. The summed E-state index contributed by atoms with van der Waals surface area (Å²) < 4.78 is 0. The second kappa shape index (κ2) is 6.00. The molecule has 96 valence electrons. The molecule has 0 bridgehead atoms. The Bertz CT molecular complexity index is 618. The molecule has 0 amide bonds. The number of aromatic nitrogens is 1. The van der Waals surface area contributed by atoms with Crippen molar-refractivity contribution in [2.45, 2.75) is 6.42 Å². The van der Waals surface area contributed by atoms with Crippen molar-refractivity contribution in [2.24, 2.45) is 0 Å². The van der Waals surface area contributed by atoms with Crippen molar-refractivity contribution in [1.29, 1.82) is 0 Å². The Labute approximate surface area is 121 Å². The molecule has 0 fully saturated rings. The molecule has 1 aromatic carbocycles. The zero-order valence-electron chi connectivity index (χ0n) is 10.1. The van der Waals surface area contributed by atoms with E-state index in [0.29, 0.717) is 10.0 Å². The molecule has 0 spiro atoms. The number of nitrogens with zero attached hydrogens (tertiary/aromatic N) is 1. The molecule has 1 aromatic heterocycles. The van der Waals surface area contributed by atoms with E-state index in [9.17, 15) is 4.79 Å². The van der Waals surface area contributed by atoms with Gasteiger partial charge >= 0.3 is 0 Å². The average Bonchev–Trinajstić information content (AvgIpc) is 2.40. The van der Waals surface area contributed by atoms with Crippen molar-refractivity contribution in [3.05, 3.63) is 64.9 Å². The molecule has 4 heteroatoms. The lowest BCUT2D eigenvalue weighted by atomic mass is 9.98. The quantitative estimate of drug-likeness (QED) is 0.784. The summed E-state index contributed by atoms with van der Waals surface area (Å²) in [6.45, 7) is 3.47. The molecular formula is C15H11Cl2NO. The van der Waals surface area contributed by atoms with Gasteiger partial charge in [-0.05, 0) is 35.4 Å². The van der Waals surface area contributed by atoms with Gasteiger partial charge < -0.3 is 0 Å². The SMILES string of the molecule is C=CC(=O)Cc1cnccc1-c1c(Cl)cccc1Cl. The normalized spacial score (nSPS) is 10.2. The van der Waals surface area contributed by atoms with Crippen LogP contribution < -0.4 is 0 Å². The summed E-state index contributed by atoms with van der Waals surface area (Å²) in [5.74, 6) is -0.0718. The van der Waals surface area contributed by atoms with E-state index in [1.165, 1.54) is 6.08 Å². The van der Waals surface area contributed by atoms with Crippen LogP contribution >= 0.6 is 23.2 Å². The molecule has 2 rings (SSSR count). The van der Waals surface area contributed by atoms with Crippen molar-refractivity contribution in [2.75, 3.05) is 0 Å². The van der Waals surface area contributed by atoms with Crippen LogP contribution in [0.15, 0.2) is 49.3 Å². The van der Waals surface area contributed by atoms with Gasteiger partial charge in [-0.3, -0.25) is 9.78 Å². The number of pyridine rings is 1. The zero-order valence-corrected chi connectivity index (χ0v) is 11.6. The zero-order chi connectivity index (χ0) is 13.8. The Morgan fingerprint density at radius 3 is 2.58 bits per heavy atom. The fourth-order valence-corrected chi connectivity index (χ4v) is 2.43. The summed E-state index contributed by atoms with van der Waals surface area (Å²) in [7, 11) is 0. The van der Waals surface area contributed by atoms with Crippen molar-refractivity contribution in [1.82, 2.24) is 4.98 Å². The molecule has 1 heterocycles. The molecule has 0 N–H and O–H groups in total. The van der Waals surface area contributed by atoms with Gasteiger partial charge in [0.2, 0.25) is 0 Å². The smallest absolute Gasteiger partial charge is 0.159 e. The maximum atomic E-state index is 11.5. The first-order valence-electron chi connectivity index (χ1n) is 5.66. The van der Waals surface area contributed by atoms with Crippen molar-refractivity contribution in [3.63, 3.8) is 0 Å². The van der Waals surface area contributed by atoms with E-state index in [2.05, 4.69) is 11.6 Å². The molecule has 0 aliphatic heterocycles. The van der Waals surface area contributed by atoms with Crippen LogP contribution in [0.3, 0.4) is 0 Å². The lowest BCUT2D eigenvalue weighted by Gasteiger charge is -2.11. The largest absolute Gasteiger partial charge is 0.295 e. The van der Waals surface area contributed by atoms with Crippen LogP contribution in [-0.2, 0) is 11.2 Å². The molecule has 2 aromatic rings. The number of hydrogen-bond donors (Lipinski definition) is 0. The van der Waals surface area contributed by atoms with Crippen LogP contribution in [0.25, 0.3) is 11.1 Å². The lowest BCUT2D eigenvalue weighted by molar-refractivity contribution is -0.114. The first-order chi connectivity index (χ1) is 9.13. The third-order valence-corrected chi connectivity index (χ3v) is 3.36. The second-order valence-electron chi connectivity index (χ2n) is 3.98. The molecule has 0 aliphatic carbocycles. The van der Waals surface area contributed by atoms with E-state index in [0.717, 1.165) is 16.7 Å². The first kappa shape index (κ1) is 13.8. The molecule has 0 aliphatic rings. The minimum absolute atomic E-state index is 0.0718. The molecule has 19 heavy (non-hydrogen) atoms. The number of ketones is 1. The van der Waals surface area contributed by atoms with Gasteiger partial charge in [0.15, 0.2) is 5.78 Å². The van der Waals surface area contributed by atoms with Gasteiger partial charge in [0.25, 0.3) is 0 Å². The van der Waals surface area contributed by atoms with Crippen LogP contribution in [0.1, 0.15) is 5.56 Å². The molecular weight excluding hydrogens is 281 g/mol. The van der Waals surface area contributed by atoms with Crippen LogP contribution in [0, 0.1) is 0 Å². The van der Waals surface area contributed by atoms with E-state index in [-0.39, 0.29) is 12.2 Å². The highest BCUT2D eigenvalue weighted by atomic mass is 35.5. The number of allylic oxidation sites excluding steroid dienone is 1. The van der Waals surface area contributed by atoms with Crippen LogP contribution in [0.5, 0.6) is 0 Å². The summed E-state index contributed by atoms with van der Waals surface area (Å²) in [5.41, 5.74) is 2.32. The van der Waals surface area contributed by atoms with Crippen LogP contribution in [0.4, 0.5) is 0 Å². The Morgan fingerprint density at radius 1 is 1.26 bits per heavy atom. The van der Waals surface area contributed by atoms with Crippen molar-refractivity contribution >= 4 is 29.0 Å².